The van der Waals surface area contributed by atoms with Crippen LogP contribution in [-0.2, 0) is 22.4 Å². The van der Waals surface area contributed by atoms with E-state index in [4.69, 9.17) is 14.2 Å². The van der Waals surface area contributed by atoms with Gasteiger partial charge in [0.2, 0.25) is 5.88 Å². The second-order valence-corrected chi connectivity index (χ2v) is 12.9. The Morgan fingerprint density at radius 2 is 1.85 bits per heavy atom. The molecule has 8 heteroatoms. The van der Waals surface area contributed by atoms with Crippen LogP contribution >= 0.6 is 11.3 Å². The van der Waals surface area contributed by atoms with Gasteiger partial charge in [0.05, 0.1) is 38.5 Å². The molecule has 2 aliphatic heterocycles. The van der Waals surface area contributed by atoms with E-state index in [1.54, 1.807) is 14.2 Å². The van der Waals surface area contributed by atoms with E-state index in [1.807, 2.05) is 23.2 Å². The average Bonchev–Trinajstić information content (AvgIpc) is 3.24. The summed E-state index contributed by atoms with van der Waals surface area (Å²) >= 11 is 1.90. The number of ether oxygens (including phenoxy) is 3. The number of nitrogens with zero attached hydrogens (tertiary/aromatic N) is 3. The summed E-state index contributed by atoms with van der Waals surface area (Å²) in [5, 5.41) is 0. The lowest BCUT2D eigenvalue weighted by molar-refractivity contribution is -0.0883. The van der Waals surface area contributed by atoms with Crippen molar-refractivity contribution >= 4 is 17.2 Å². The van der Waals surface area contributed by atoms with Gasteiger partial charge in [-0.25, -0.2) is 4.98 Å². The first-order valence-electron chi connectivity index (χ1n) is 14.6. The van der Waals surface area contributed by atoms with Gasteiger partial charge < -0.3 is 19.1 Å². The molecule has 4 heterocycles. The number of hydrogen-bond donors (Lipinski definition) is 0. The van der Waals surface area contributed by atoms with E-state index in [2.05, 4.69) is 36.7 Å². The van der Waals surface area contributed by atoms with Crippen LogP contribution in [0.1, 0.15) is 81.0 Å². The van der Waals surface area contributed by atoms with Gasteiger partial charge in [0.25, 0.3) is 5.91 Å². The van der Waals surface area contributed by atoms with E-state index < -0.39 is 0 Å². The molecule has 2 aromatic heterocycles. The Balaban J connectivity index is 1.20. The topological polar surface area (TPSA) is 64.1 Å². The van der Waals surface area contributed by atoms with E-state index >= 15 is 0 Å². The van der Waals surface area contributed by atoms with Crippen LogP contribution in [0, 0.1) is 26.7 Å². The monoisotopic (exact) mass is 555 g/mol. The van der Waals surface area contributed by atoms with Crippen LogP contribution in [0.2, 0.25) is 0 Å². The molecule has 0 spiro atoms. The summed E-state index contributed by atoms with van der Waals surface area (Å²) in [5.41, 5.74) is 5.23. The fourth-order valence-corrected chi connectivity index (χ4v) is 8.30. The maximum Gasteiger partial charge on any atom is 0.255 e. The second-order valence-electron chi connectivity index (χ2n) is 11.7. The van der Waals surface area contributed by atoms with Crippen molar-refractivity contribution < 1.29 is 19.0 Å². The lowest BCUT2D eigenvalue weighted by atomic mass is 9.76. The van der Waals surface area contributed by atoms with Crippen LogP contribution in [0.4, 0.5) is 0 Å². The van der Waals surface area contributed by atoms with Crippen molar-refractivity contribution in [1.29, 1.82) is 0 Å². The Hall–Kier alpha value is -2.00. The van der Waals surface area contributed by atoms with Crippen LogP contribution in [0.15, 0.2) is 6.07 Å². The number of aryl methyl sites for hydroxylation is 2. The first kappa shape index (κ1) is 28.5. The predicted octanol–water partition coefficient (Wildman–Crippen LogP) is 5.28. The predicted molar refractivity (Wildman–Crippen MR) is 155 cm³/mol. The lowest BCUT2D eigenvalue weighted by Crippen LogP contribution is -2.57. The van der Waals surface area contributed by atoms with Gasteiger partial charge in [-0.3, -0.25) is 9.69 Å². The highest BCUT2D eigenvalue weighted by Crippen LogP contribution is 2.44. The number of aromatic nitrogens is 1. The molecule has 0 unspecified atom stereocenters. The van der Waals surface area contributed by atoms with E-state index in [9.17, 15) is 4.79 Å². The smallest absolute Gasteiger partial charge is 0.255 e. The molecule has 7 nitrogen and oxygen atoms in total. The summed E-state index contributed by atoms with van der Waals surface area (Å²) in [6.07, 6.45) is 6.36. The van der Waals surface area contributed by atoms with Crippen molar-refractivity contribution in [2.24, 2.45) is 5.92 Å². The lowest BCUT2D eigenvalue weighted by Gasteiger charge is -2.46. The van der Waals surface area contributed by atoms with E-state index in [1.165, 1.54) is 41.0 Å². The molecule has 214 valence electrons. The van der Waals surface area contributed by atoms with Gasteiger partial charge in [0.1, 0.15) is 0 Å². The molecule has 1 atom stereocenters. The van der Waals surface area contributed by atoms with Gasteiger partial charge in [0.15, 0.2) is 0 Å². The number of pyridine rings is 1. The quantitative estimate of drug-likeness (QED) is 0.372. The number of hydrogen-bond acceptors (Lipinski definition) is 7. The van der Waals surface area contributed by atoms with Crippen LogP contribution < -0.4 is 4.74 Å². The van der Waals surface area contributed by atoms with Crippen molar-refractivity contribution in [2.45, 2.75) is 84.4 Å². The van der Waals surface area contributed by atoms with Gasteiger partial charge in [0, 0.05) is 60.2 Å². The van der Waals surface area contributed by atoms with Crippen LogP contribution in [0.5, 0.6) is 5.88 Å². The summed E-state index contributed by atoms with van der Waals surface area (Å²) in [7, 11) is 3.38. The molecule has 1 aliphatic carbocycles. The van der Waals surface area contributed by atoms with Crippen molar-refractivity contribution in [3.63, 3.8) is 0 Å². The highest BCUT2D eigenvalue weighted by Gasteiger charge is 2.38. The molecule has 0 radical (unpaired) electrons. The number of fused-ring (bicyclic) bond motifs is 1. The fraction of sp³-hybridized carbons (Fsp3) is 0.677. The van der Waals surface area contributed by atoms with E-state index in [-0.39, 0.29) is 5.91 Å². The van der Waals surface area contributed by atoms with Crippen LogP contribution in [0.25, 0.3) is 0 Å². The summed E-state index contributed by atoms with van der Waals surface area (Å²) < 4.78 is 16.5. The third kappa shape index (κ3) is 5.90. The Morgan fingerprint density at radius 1 is 1.10 bits per heavy atom. The molecule has 2 fully saturated rings. The molecule has 5 rings (SSSR count). The number of likely N-dealkylation sites (tertiary alicyclic amines) is 1. The highest BCUT2D eigenvalue weighted by molar-refractivity contribution is 7.12. The summed E-state index contributed by atoms with van der Waals surface area (Å²) in [6, 6.07) is 2.76. The molecule has 39 heavy (non-hydrogen) atoms. The summed E-state index contributed by atoms with van der Waals surface area (Å²) in [5.74, 6) is 1.97. The minimum atomic E-state index is 0.161. The summed E-state index contributed by atoms with van der Waals surface area (Å²) in [6.45, 7) is 13.4. The molecule has 1 saturated heterocycles. The molecule has 2 aromatic rings. The molecule has 1 amide bonds. The highest BCUT2D eigenvalue weighted by atomic mass is 32.1. The Morgan fingerprint density at radius 3 is 2.54 bits per heavy atom. The van der Waals surface area contributed by atoms with Gasteiger partial charge in [-0.15, -0.1) is 11.3 Å². The zero-order valence-electron chi connectivity index (χ0n) is 24.5. The molecular weight excluding hydrogens is 510 g/mol. The Kier molecular flexibility index (Phi) is 8.96. The van der Waals surface area contributed by atoms with Crippen LogP contribution in [0.3, 0.4) is 0 Å². The molecular formula is C31H45N3O4S. The normalized spacial score (nSPS) is 23.0. The second kappa shape index (κ2) is 12.2. The zero-order valence-corrected chi connectivity index (χ0v) is 25.4. The standard InChI is InChI=1S/C31H45N3O4S/c1-19-15-20(2)32-30(37-6)26(19)18-33-12-11-27-28(31(33)35)22(4)29(39-27)21(3)23-7-9-24(10-8-23)34-16-25(17-34)38-14-13-36-5/h15,21,23-25H,7-14,16-18H2,1-6H3/t21-,23?,24?/m1/s1. The maximum atomic E-state index is 13.7. The first-order valence-corrected chi connectivity index (χ1v) is 15.4. The van der Waals surface area contributed by atoms with Crippen LogP contribution in [-0.4, -0.2) is 79.9 Å². The van der Waals surface area contributed by atoms with Gasteiger partial charge >= 0.3 is 0 Å². The third-order valence-electron chi connectivity index (χ3n) is 9.24. The number of rotatable bonds is 10. The number of thiophene rings is 1. The van der Waals surface area contributed by atoms with E-state index in [0.29, 0.717) is 49.6 Å². The van der Waals surface area contributed by atoms with Crippen molar-refractivity contribution in [2.75, 3.05) is 47.1 Å². The average molecular weight is 556 g/mol. The number of methoxy groups -OCH3 is 2. The zero-order chi connectivity index (χ0) is 27.7. The Bertz CT molecular complexity index is 1170. The largest absolute Gasteiger partial charge is 0.481 e. The van der Waals surface area contributed by atoms with Gasteiger partial charge in [-0.1, -0.05) is 6.92 Å². The van der Waals surface area contributed by atoms with E-state index in [0.717, 1.165) is 48.4 Å². The SMILES string of the molecule is COCCOC1CN(C2CCC([C@@H](C)c3sc4c(c3C)C(=O)N(Cc3c(C)cc(C)nc3OC)CC4)CC2)C1. The molecule has 0 bridgehead atoms. The Labute approximate surface area is 237 Å². The first-order chi connectivity index (χ1) is 18.8. The maximum absolute atomic E-state index is 13.7. The van der Waals surface area contributed by atoms with Gasteiger partial charge in [-0.2, -0.15) is 0 Å². The molecule has 0 aromatic carbocycles. The molecule has 1 saturated carbocycles. The number of amides is 1. The third-order valence-corrected chi connectivity index (χ3v) is 10.8. The fourth-order valence-electron chi connectivity index (χ4n) is 6.86. The molecule has 3 aliphatic rings. The van der Waals surface area contributed by atoms with Gasteiger partial charge in [-0.05, 0) is 75.5 Å². The van der Waals surface area contributed by atoms with Crippen molar-refractivity contribution in [1.82, 2.24) is 14.8 Å². The van der Waals surface area contributed by atoms with Crippen molar-refractivity contribution in [3.8, 4) is 5.88 Å². The minimum Gasteiger partial charge on any atom is -0.481 e. The number of carbonyl (C=O) groups is 1. The number of carbonyl (C=O) groups excluding carboxylic acids is 1. The van der Waals surface area contributed by atoms with Crippen molar-refractivity contribution in [3.05, 3.63) is 43.8 Å². The summed E-state index contributed by atoms with van der Waals surface area (Å²) in [4.78, 5) is 25.6. The molecule has 0 N–H and O–H groups in total. The minimum absolute atomic E-state index is 0.161.